The van der Waals surface area contributed by atoms with Crippen LogP contribution in [-0.2, 0) is 9.59 Å². The number of para-hydroxylation sites is 1. The molecule has 0 radical (unpaired) electrons. The maximum absolute atomic E-state index is 13.8. The van der Waals surface area contributed by atoms with Crippen LogP contribution in [0.25, 0.3) is 27.5 Å². The first-order chi connectivity index (χ1) is 27.1. The number of allylic oxidation sites excluding steroid dienone is 1. The topological polar surface area (TPSA) is 170 Å². The second-order valence-corrected chi connectivity index (χ2v) is 13.6. The summed E-state index contributed by atoms with van der Waals surface area (Å²) in [4.78, 5) is 66.9. The summed E-state index contributed by atoms with van der Waals surface area (Å²) in [7, 11) is 1.37. The van der Waals surface area contributed by atoms with E-state index in [1.165, 1.54) is 13.1 Å². The van der Waals surface area contributed by atoms with Gasteiger partial charge in [0.2, 0.25) is 5.78 Å². The third-order valence-electron chi connectivity index (χ3n) is 9.89. The number of hydrogen-bond acceptors (Lipinski definition) is 10. The van der Waals surface area contributed by atoms with Gasteiger partial charge in [-0.25, -0.2) is 0 Å². The maximum Gasteiger partial charge on any atom is 0.261 e. The molecule has 0 saturated carbocycles. The number of nitrogens with zero attached hydrogens (tertiary/aromatic N) is 4. The summed E-state index contributed by atoms with van der Waals surface area (Å²) in [6.45, 7) is 0. The van der Waals surface area contributed by atoms with Crippen LogP contribution >= 0.6 is 11.6 Å². The van der Waals surface area contributed by atoms with E-state index in [9.17, 15) is 29.1 Å². The Bertz CT molecular complexity index is 2920. The molecule has 3 N–H and O–H groups in total. The van der Waals surface area contributed by atoms with E-state index in [4.69, 9.17) is 11.6 Å². The van der Waals surface area contributed by atoms with Gasteiger partial charge in [0.15, 0.2) is 11.5 Å². The number of hydrazone groups is 1. The first-order valence-corrected chi connectivity index (χ1v) is 17.6. The number of azo groups is 1. The van der Waals surface area contributed by atoms with Gasteiger partial charge in [-0.3, -0.25) is 34.3 Å². The molecule has 0 spiro atoms. The van der Waals surface area contributed by atoms with Crippen molar-refractivity contribution < 1.29 is 29.1 Å². The van der Waals surface area contributed by atoms with Crippen LogP contribution in [0.5, 0.6) is 5.75 Å². The monoisotopic (exact) mass is 756 g/mol. The quantitative estimate of drug-likeness (QED) is 0.0868. The van der Waals surface area contributed by atoms with E-state index in [0.717, 1.165) is 4.90 Å². The van der Waals surface area contributed by atoms with E-state index in [-0.39, 0.29) is 34.1 Å². The highest BCUT2D eigenvalue weighted by Gasteiger charge is 2.39. The highest BCUT2D eigenvalue weighted by Crippen LogP contribution is 2.43. The molecule has 0 fully saturated rings. The summed E-state index contributed by atoms with van der Waals surface area (Å²) in [5, 5.41) is 28.7. The van der Waals surface area contributed by atoms with Crippen LogP contribution in [0, 0.1) is 0 Å². The highest BCUT2D eigenvalue weighted by molar-refractivity contribution is 6.56. The molecule has 0 atom stereocenters. The van der Waals surface area contributed by atoms with E-state index in [1.807, 2.05) is 0 Å². The van der Waals surface area contributed by atoms with Crippen molar-refractivity contribution in [2.75, 3.05) is 17.8 Å². The minimum Gasteiger partial charge on any atom is -0.505 e. The molecular weight excluding hydrogens is 732 g/mol. The van der Waals surface area contributed by atoms with Crippen LogP contribution < -0.4 is 10.7 Å². The Morgan fingerprint density at radius 1 is 0.732 bits per heavy atom. The molecule has 270 valence electrons. The summed E-state index contributed by atoms with van der Waals surface area (Å²) in [6.07, 6.45) is 1.19. The fourth-order valence-electron chi connectivity index (χ4n) is 7.13. The molecule has 0 saturated heterocycles. The fourth-order valence-corrected chi connectivity index (χ4v) is 7.31. The molecule has 1 heterocycles. The molecule has 0 bridgehead atoms. The van der Waals surface area contributed by atoms with Gasteiger partial charge in [-0.15, -0.1) is 5.11 Å². The number of halogens is 1. The molecule has 6 aromatic rings. The molecule has 9 rings (SSSR count). The van der Waals surface area contributed by atoms with Crippen molar-refractivity contribution in [1.29, 1.82) is 0 Å². The lowest BCUT2D eigenvalue weighted by Crippen LogP contribution is -2.41. The zero-order valence-electron chi connectivity index (χ0n) is 29.1. The molecule has 3 amide bonds. The van der Waals surface area contributed by atoms with Gasteiger partial charge in [-0.05, 0) is 65.0 Å². The average Bonchev–Trinajstić information content (AvgIpc) is 3.48. The number of carbonyl (C=O) groups is 5. The van der Waals surface area contributed by atoms with Gasteiger partial charge < -0.3 is 10.4 Å². The molecular formula is C43H25ClN6O6. The minimum absolute atomic E-state index is 0.0199. The molecule has 0 aromatic heterocycles. The normalized spacial score (nSPS) is 14.9. The number of carbonyl (C=O) groups excluding carboxylic acids is 5. The van der Waals surface area contributed by atoms with Crippen LogP contribution in [0.4, 0.5) is 22.7 Å². The second-order valence-electron chi connectivity index (χ2n) is 13.2. The van der Waals surface area contributed by atoms with Crippen LogP contribution in [0.2, 0.25) is 5.02 Å². The van der Waals surface area contributed by atoms with Crippen LogP contribution in [0.3, 0.4) is 0 Å². The first kappa shape index (κ1) is 34.2. The molecule has 12 nitrogen and oxygen atoms in total. The Morgan fingerprint density at radius 2 is 1.46 bits per heavy atom. The van der Waals surface area contributed by atoms with Gasteiger partial charge in [0.25, 0.3) is 17.7 Å². The first-order valence-electron chi connectivity index (χ1n) is 17.2. The largest absolute Gasteiger partial charge is 0.505 e. The van der Waals surface area contributed by atoms with Crippen molar-refractivity contribution in [1.82, 2.24) is 4.90 Å². The standard InChI is InChI=1S/C43H25ClN6O6/c1-50-42(55)28-10-6-9-27-36(28)31(43(50)56)20-35(51)37(27)48-46-22-13-15-25-26-16-14-23(19-30(26)39(52)29(25)18-22)47-49-38-24-8-3-2-7-21(24)17-32(40(38)53)41(54)45-34-12-5-4-11-33(34)44/h2-20,46,53H,1H3,(H,45,54). The van der Waals surface area contributed by atoms with Crippen LogP contribution in [0.1, 0.15) is 47.8 Å². The number of ketones is 2. The summed E-state index contributed by atoms with van der Waals surface area (Å²) in [5.41, 5.74) is 7.39. The van der Waals surface area contributed by atoms with Gasteiger partial charge in [0.1, 0.15) is 11.4 Å². The Kier molecular flexibility index (Phi) is 7.99. The number of likely N-dealkylation sites (N-methyl/N-ethyl adjacent to an activating group) is 1. The number of hydrogen-bond donors (Lipinski definition) is 3. The summed E-state index contributed by atoms with van der Waals surface area (Å²) in [6, 6.07) is 30.5. The van der Waals surface area contributed by atoms with Crippen molar-refractivity contribution in [2.24, 2.45) is 15.3 Å². The van der Waals surface area contributed by atoms with Crippen molar-refractivity contribution in [3.63, 3.8) is 0 Å². The van der Waals surface area contributed by atoms with E-state index < -0.39 is 23.5 Å². The molecule has 56 heavy (non-hydrogen) atoms. The average molecular weight is 757 g/mol. The summed E-state index contributed by atoms with van der Waals surface area (Å²) < 4.78 is 0. The minimum atomic E-state index is -0.588. The van der Waals surface area contributed by atoms with Crippen molar-refractivity contribution in [2.45, 2.75) is 0 Å². The van der Waals surface area contributed by atoms with E-state index >= 15 is 0 Å². The molecule has 1 aliphatic heterocycles. The number of imide groups is 1. The third-order valence-corrected chi connectivity index (χ3v) is 10.2. The van der Waals surface area contributed by atoms with Gasteiger partial charge in [0, 0.05) is 46.3 Å². The zero-order chi connectivity index (χ0) is 38.8. The Labute approximate surface area is 322 Å². The predicted molar refractivity (Wildman–Crippen MR) is 211 cm³/mol. The lowest BCUT2D eigenvalue weighted by molar-refractivity contribution is -0.122. The van der Waals surface area contributed by atoms with E-state index in [0.29, 0.717) is 71.8 Å². The van der Waals surface area contributed by atoms with Gasteiger partial charge in [-0.2, -0.15) is 10.2 Å². The second kappa shape index (κ2) is 13.1. The number of phenolic OH excluding ortho intramolecular Hbond substituents is 1. The number of fused-ring (bicyclic) bond motifs is 4. The predicted octanol–water partition coefficient (Wildman–Crippen LogP) is 8.47. The van der Waals surface area contributed by atoms with Crippen LogP contribution in [-0.4, -0.2) is 52.1 Å². The number of rotatable bonds is 6. The van der Waals surface area contributed by atoms with E-state index in [1.54, 1.807) is 109 Å². The Morgan fingerprint density at radius 3 is 2.29 bits per heavy atom. The van der Waals surface area contributed by atoms with Crippen molar-refractivity contribution >= 4 is 85.7 Å². The molecule has 0 unspecified atom stereocenters. The van der Waals surface area contributed by atoms with Crippen LogP contribution in [0.15, 0.2) is 131 Å². The fraction of sp³-hybridized carbons (Fsp3) is 0.0233. The third kappa shape index (κ3) is 5.46. The lowest BCUT2D eigenvalue weighted by atomic mass is 9.82. The number of nitrogens with one attached hydrogen (secondary N) is 2. The van der Waals surface area contributed by atoms with E-state index in [2.05, 4.69) is 26.1 Å². The molecule has 3 aliphatic rings. The summed E-state index contributed by atoms with van der Waals surface area (Å²) in [5.74, 6) is -2.77. The number of phenols is 1. The number of aromatic hydroxyl groups is 1. The molecule has 13 heteroatoms. The summed E-state index contributed by atoms with van der Waals surface area (Å²) >= 11 is 6.24. The zero-order valence-corrected chi connectivity index (χ0v) is 29.9. The number of benzene rings is 6. The Balaban J connectivity index is 0.991. The molecule has 2 aliphatic carbocycles. The smallest absolute Gasteiger partial charge is 0.261 e. The number of amides is 3. The SMILES string of the molecule is CN1C(=O)C2=CC(=O)C(=NNc3ccc4c(c3)C(=O)c3cc(N=Nc5c(O)c(C(=O)Nc6ccccc6Cl)cc6ccccc56)ccc3-4)c3cccc(c32)C1=O. The Hall–Kier alpha value is -7.57. The van der Waals surface area contributed by atoms with Crippen molar-refractivity contribution in [3.05, 3.63) is 154 Å². The molecule has 6 aromatic carbocycles. The van der Waals surface area contributed by atoms with Crippen molar-refractivity contribution in [3.8, 4) is 16.9 Å². The maximum atomic E-state index is 13.8. The highest BCUT2D eigenvalue weighted by atomic mass is 35.5. The van der Waals surface area contributed by atoms with Gasteiger partial charge in [-0.1, -0.05) is 72.3 Å². The van der Waals surface area contributed by atoms with Gasteiger partial charge in [0.05, 0.1) is 33.2 Å². The number of anilines is 2. The lowest BCUT2D eigenvalue weighted by Gasteiger charge is -2.29. The van der Waals surface area contributed by atoms with Gasteiger partial charge >= 0.3 is 0 Å².